The average Bonchev–Trinajstić information content (AvgIpc) is 3.01. The molecule has 0 saturated carbocycles. The summed E-state index contributed by atoms with van der Waals surface area (Å²) in [6, 6.07) is 11.3. The molecule has 0 unspecified atom stereocenters. The maximum atomic E-state index is 12.7. The lowest BCUT2D eigenvalue weighted by atomic mass is 10.2. The van der Waals surface area contributed by atoms with Crippen LogP contribution in [0.5, 0.6) is 5.75 Å². The molecule has 0 aliphatic carbocycles. The maximum Gasteiger partial charge on any atom is 0.343 e. The topological polar surface area (TPSA) is 106 Å². The zero-order valence-electron chi connectivity index (χ0n) is 16.5. The number of rotatable bonds is 6. The molecular weight excluding hydrogens is 488 g/mol. The summed E-state index contributed by atoms with van der Waals surface area (Å²) in [5.74, 6) is -1.36. The largest absolute Gasteiger partial charge is 0.481 e. The van der Waals surface area contributed by atoms with Gasteiger partial charge in [0.2, 0.25) is 0 Å². The Morgan fingerprint density at radius 1 is 1.23 bits per heavy atom. The molecule has 1 saturated heterocycles. The predicted octanol–water partition coefficient (Wildman–Crippen LogP) is 3.93. The number of ether oxygens (including phenoxy) is 2. The Balaban J connectivity index is 1.87. The van der Waals surface area contributed by atoms with E-state index in [2.05, 4.69) is 25.7 Å². The van der Waals surface area contributed by atoms with Crippen LogP contribution in [0.2, 0.25) is 0 Å². The van der Waals surface area contributed by atoms with Gasteiger partial charge >= 0.3 is 11.9 Å². The minimum atomic E-state index is -1.02. The molecule has 1 aliphatic heterocycles. The molecule has 1 amide bonds. The molecule has 8 nitrogen and oxygen atoms in total. The minimum Gasteiger partial charge on any atom is -0.481 e. The van der Waals surface area contributed by atoms with Gasteiger partial charge in [-0.3, -0.25) is 9.69 Å². The molecule has 0 radical (unpaired) electrons. The molecular formula is C21H17BrN2O6S. The van der Waals surface area contributed by atoms with E-state index >= 15 is 0 Å². The van der Waals surface area contributed by atoms with Crippen LogP contribution in [0.15, 0.2) is 56.8 Å². The van der Waals surface area contributed by atoms with Gasteiger partial charge in [0.05, 0.1) is 23.3 Å². The number of hydrogen-bond donors (Lipinski definition) is 1. The minimum absolute atomic E-state index is 0.155. The normalized spacial score (nSPS) is 16.1. The van der Waals surface area contributed by atoms with Crippen LogP contribution in [0.1, 0.15) is 15.9 Å². The van der Waals surface area contributed by atoms with Crippen molar-refractivity contribution in [1.82, 2.24) is 4.90 Å². The van der Waals surface area contributed by atoms with Crippen LogP contribution in [-0.4, -0.2) is 53.8 Å². The molecule has 0 atom stereocenters. The van der Waals surface area contributed by atoms with Crippen molar-refractivity contribution in [2.45, 2.75) is 0 Å². The van der Waals surface area contributed by atoms with Crippen molar-refractivity contribution in [3.63, 3.8) is 0 Å². The number of carboxylic acid groups (broad SMARTS) is 1. The second-order valence-electron chi connectivity index (χ2n) is 6.27. The third kappa shape index (κ3) is 5.53. The monoisotopic (exact) mass is 504 g/mol. The Morgan fingerprint density at radius 2 is 1.94 bits per heavy atom. The average molecular weight is 505 g/mol. The number of nitrogens with zero attached hydrogens (tertiary/aromatic N) is 2. The fourth-order valence-corrected chi connectivity index (χ4v) is 3.90. The van der Waals surface area contributed by atoms with Crippen molar-refractivity contribution in [1.29, 1.82) is 0 Å². The third-order valence-electron chi connectivity index (χ3n) is 4.17. The van der Waals surface area contributed by atoms with Crippen molar-refractivity contribution in [3.8, 4) is 5.75 Å². The number of carbonyl (C=O) groups is 3. The van der Waals surface area contributed by atoms with Gasteiger partial charge in [-0.1, -0.05) is 15.9 Å². The number of aliphatic imine (C=N–C) groups is 1. The number of halogens is 1. The first-order valence-electron chi connectivity index (χ1n) is 8.87. The Bertz CT molecular complexity index is 1100. The van der Waals surface area contributed by atoms with E-state index in [1.165, 1.54) is 35.9 Å². The van der Waals surface area contributed by atoms with Gasteiger partial charge < -0.3 is 14.6 Å². The summed E-state index contributed by atoms with van der Waals surface area (Å²) >= 11 is 4.57. The van der Waals surface area contributed by atoms with Gasteiger partial charge in [-0.2, -0.15) is 0 Å². The number of methoxy groups -OCH3 is 1. The summed E-state index contributed by atoms with van der Waals surface area (Å²) in [4.78, 5) is 41.4. The molecule has 1 heterocycles. The highest BCUT2D eigenvalue weighted by molar-refractivity contribution is 9.10. The van der Waals surface area contributed by atoms with Crippen LogP contribution in [0.3, 0.4) is 0 Å². The molecule has 0 aromatic heterocycles. The lowest BCUT2D eigenvalue weighted by Gasteiger charge is -2.09. The summed E-state index contributed by atoms with van der Waals surface area (Å²) in [6.07, 6.45) is 1.66. The highest BCUT2D eigenvalue weighted by Crippen LogP contribution is 2.35. The van der Waals surface area contributed by atoms with Crippen molar-refractivity contribution in [2.75, 3.05) is 20.8 Å². The van der Waals surface area contributed by atoms with Crippen LogP contribution < -0.4 is 4.74 Å². The number of aromatic carboxylic acids is 1. The molecule has 0 spiro atoms. The van der Waals surface area contributed by atoms with E-state index in [0.29, 0.717) is 27.1 Å². The summed E-state index contributed by atoms with van der Waals surface area (Å²) in [6.45, 7) is -0.256. The molecule has 1 fully saturated rings. The van der Waals surface area contributed by atoms with Gasteiger partial charge in [0.1, 0.15) is 5.75 Å². The van der Waals surface area contributed by atoms with E-state index < -0.39 is 11.9 Å². The van der Waals surface area contributed by atoms with Crippen LogP contribution in [-0.2, 0) is 14.3 Å². The smallest absolute Gasteiger partial charge is 0.343 e. The standard InChI is InChI=1S/C21H17BrN2O6S/c1-24-19(26)17(31-21(24)23-15-6-3-12(4-7-15)20(27)28)10-13-9-14(22)5-8-16(13)30-11-18(25)29-2/h3-10H,11H2,1-2H3,(H,27,28)/b17-10-,23-21?. The molecule has 2 aromatic rings. The van der Waals surface area contributed by atoms with Gasteiger partial charge in [0.15, 0.2) is 11.8 Å². The van der Waals surface area contributed by atoms with E-state index in [4.69, 9.17) is 9.84 Å². The first kappa shape index (κ1) is 22.6. The zero-order chi connectivity index (χ0) is 22.5. The molecule has 2 aromatic carbocycles. The molecule has 0 bridgehead atoms. The lowest BCUT2D eigenvalue weighted by Crippen LogP contribution is -2.23. The molecule has 1 aliphatic rings. The Labute approximate surface area is 190 Å². The highest BCUT2D eigenvalue weighted by Gasteiger charge is 2.30. The highest BCUT2D eigenvalue weighted by atomic mass is 79.9. The van der Waals surface area contributed by atoms with Crippen LogP contribution in [0, 0.1) is 0 Å². The van der Waals surface area contributed by atoms with Crippen molar-refractivity contribution < 1.29 is 29.0 Å². The number of hydrogen-bond acceptors (Lipinski definition) is 7. The lowest BCUT2D eigenvalue weighted by molar-refractivity contribution is -0.142. The van der Waals surface area contributed by atoms with Crippen molar-refractivity contribution in [3.05, 3.63) is 63.0 Å². The fourth-order valence-electron chi connectivity index (χ4n) is 2.54. The Hall–Kier alpha value is -3.11. The summed E-state index contributed by atoms with van der Waals surface area (Å²) in [7, 11) is 2.88. The number of carboxylic acids is 1. The number of carbonyl (C=O) groups excluding carboxylic acids is 2. The van der Waals surface area contributed by atoms with Gasteiger partial charge in [-0.25, -0.2) is 14.6 Å². The molecule has 31 heavy (non-hydrogen) atoms. The van der Waals surface area contributed by atoms with Gasteiger partial charge in [0, 0.05) is 17.1 Å². The first-order chi connectivity index (χ1) is 14.8. The Morgan fingerprint density at radius 3 is 2.58 bits per heavy atom. The number of benzene rings is 2. The summed E-state index contributed by atoms with van der Waals surface area (Å²) in [5, 5.41) is 9.45. The van der Waals surface area contributed by atoms with Gasteiger partial charge in [0.25, 0.3) is 5.91 Å². The van der Waals surface area contributed by atoms with Crippen molar-refractivity contribution >= 4 is 62.5 Å². The zero-order valence-corrected chi connectivity index (χ0v) is 18.9. The number of amides is 1. The predicted molar refractivity (Wildman–Crippen MR) is 120 cm³/mol. The van der Waals surface area contributed by atoms with Crippen LogP contribution in [0.25, 0.3) is 6.08 Å². The maximum absolute atomic E-state index is 12.7. The van der Waals surface area contributed by atoms with Crippen molar-refractivity contribution in [2.24, 2.45) is 4.99 Å². The van der Waals surface area contributed by atoms with E-state index in [-0.39, 0.29) is 18.1 Å². The molecule has 160 valence electrons. The fraction of sp³-hybridized carbons (Fsp3) is 0.143. The van der Waals surface area contributed by atoms with E-state index in [1.54, 1.807) is 43.5 Å². The second-order valence-corrected chi connectivity index (χ2v) is 8.19. The quantitative estimate of drug-likeness (QED) is 0.469. The van der Waals surface area contributed by atoms with E-state index in [0.717, 1.165) is 4.47 Å². The van der Waals surface area contributed by atoms with E-state index in [1.807, 2.05) is 0 Å². The van der Waals surface area contributed by atoms with Crippen LogP contribution in [0.4, 0.5) is 5.69 Å². The third-order valence-corrected chi connectivity index (χ3v) is 5.73. The molecule has 10 heteroatoms. The Kier molecular flexibility index (Phi) is 7.13. The summed E-state index contributed by atoms with van der Waals surface area (Å²) < 4.78 is 10.9. The second kappa shape index (κ2) is 9.80. The van der Waals surface area contributed by atoms with Crippen LogP contribution >= 0.6 is 27.7 Å². The van der Waals surface area contributed by atoms with Gasteiger partial charge in [-0.15, -0.1) is 0 Å². The number of amidine groups is 1. The summed E-state index contributed by atoms with van der Waals surface area (Å²) in [5.41, 5.74) is 1.29. The number of thioether (sulfide) groups is 1. The molecule has 3 rings (SSSR count). The van der Waals surface area contributed by atoms with E-state index in [9.17, 15) is 14.4 Å². The van der Waals surface area contributed by atoms with Gasteiger partial charge in [-0.05, 0) is 60.3 Å². The molecule has 1 N–H and O–H groups in total. The SMILES string of the molecule is COC(=O)COc1ccc(Br)cc1/C=C1\SC(=Nc2ccc(C(=O)O)cc2)N(C)C1=O. The number of esters is 1. The first-order valence-corrected chi connectivity index (χ1v) is 10.5. The number of likely N-dealkylation sites (N-methyl/N-ethyl adjacent to an activating group) is 1.